The third-order valence-electron chi connectivity index (χ3n) is 2.56. The highest BCUT2D eigenvalue weighted by atomic mass is 15.2. The molecule has 0 aliphatic rings. The van der Waals surface area contributed by atoms with Crippen molar-refractivity contribution in [3.8, 4) is 0 Å². The number of aryl methyl sites for hydroxylation is 1. The topological polar surface area (TPSA) is 41.1 Å². The molecule has 0 bridgehead atoms. The van der Waals surface area contributed by atoms with Crippen LogP contribution in [0.3, 0.4) is 0 Å². The summed E-state index contributed by atoms with van der Waals surface area (Å²) in [5.41, 5.74) is 1.00. The average molecular weight is 250 g/mol. The molecule has 0 fully saturated rings. The van der Waals surface area contributed by atoms with E-state index >= 15 is 0 Å². The van der Waals surface area contributed by atoms with Gasteiger partial charge in [0.15, 0.2) is 0 Å². The van der Waals surface area contributed by atoms with Crippen LogP contribution in [0.15, 0.2) is 6.07 Å². The normalized spacial score (nSPS) is 11.1. The molecule has 0 aliphatic heterocycles. The fourth-order valence-electron chi connectivity index (χ4n) is 1.97. The van der Waals surface area contributed by atoms with Crippen LogP contribution in [-0.2, 0) is 0 Å². The lowest BCUT2D eigenvalue weighted by Crippen LogP contribution is -2.32. The first-order valence-electron chi connectivity index (χ1n) is 6.70. The van der Waals surface area contributed by atoms with Crippen molar-refractivity contribution >= 4 is 11.8 Å². The summed E-state index contributed by atoms with van der Waals surface area (Å²) in [5, 5.41) is 3.02. The second-order valence-electron chi connectivity index (χ2n) is 5.63. The van der Waals surface area contributed by atoms with Crippen molar-refractivity contribution in [2.75, 3.05) is 30.4 Å². The molecule has 0 radical (unpaired) electrons. The van der Waals surface area contributed by atoms with Gasteiger partial charge in [0.25, 0.3) is 0 Å². The van der Waals surface area contributed by atoms with Crippen LogP contribution in [0.4, 0.5) is 11.8 Å². The number of hydrogen-bond acceptors (Lipinski definition) is 4. The smallest absolute Gasteiger partial charge is 0.224 e. The zero-order chi connectivity index (χ0) is 13.7. The highest BCUT2D eigenvalue weighted by Gasteiger charge is 2.13. The second kappa shape index (κ2) is 6.57. The van der Waals surface area contributed by atoms with Gasteiger partial charge < -0.3 is 10.2 Å². The lowest BCUT2D eigenvalue weighted by Gasteiger charge is -2.27. The molecule has 4 heteroatoms. The third kappa shape index (κ3) is 4.51. The molecule has 18 heavy (non-hydrogen) atoms. The van der Waals surface area contributed by atoms with Gasteiger partial charge in [-0.3, -0.25) is 0 Å². The van der Waals surface area contributed by atoms with Crippen LogP contribution in [-0.4, -0.2) is 30.1 Å². The molecule has 1 aromatic rings. The molecule has 0 aromatic carbocycles. The Balaban J connectivity index is 2.99. The number of rotatable bonds is 6. The Hall–Kier alpha value is -1.32. The van der Waals surface area contributed by atoms with Gasteiger partial charge in [-0.25, -0.2) is 4.98 Å². The summed E-state index contributed by atoms with van der Waals surface area (Å²) >= 11 is 0. The van der Waals surface area contributed by atoms with E-state index in [1.807, 2.05) is 14.0 Å². The molecule has 0 saturated heterocycles. The van der Waals surface area contributed by atoms with E-state index in [1.165, 1.54) is 0 Å². The van der Waals surface area contributed by atoms with Crippen molar-refractivity contribution in [1.29, 1.82) is 0 Å². The summed E-state index contributed by atoms with van der Waals surface area (Å²) < 4.78 is 0. The lowest BCUT2D eigenvalue weighted by molar-refractivity contribution is 0.548. The number of hydrogen-bond donors (Lipinski definition) is 1. The Morgan fingerprint density at radius 1 is 1.11 bits per heavy atom. The van der Waals surface area contributed by atoms with Crippen molar-refractivity contribution in [1.82, 2.24) is 9.97 Å². The maximum absolute atomic E-state index is 4.56. The zero-order valence-electron chi connectivity index (χ0n) is 12.5. The zero-order valence-corrected chi connectivity index (χ0v) is 12.5. The van der Waals surface area contributed by atoms with Crippen LogP contribution in [0.1, 0.15) is 33.4 Å². The molecule has 4 nitrogen and oxygen atoms in total. The van der Waals surface area contributed by atoms with Crippen molar-refractivity contribution in [3.05, 3.63) is 11.8 Å². The molecule has 0 aliphatic carbocycles. The third-order valence-corrected chi connectivity index (χ3v) is 2.56. The molecular formula is C14H26N4. The standard InChI is InChI=1S/C14H26N4/c1-10(2)8-18(9-11(3)4)13-7-12(5)16-14(15-6)17-13/h7,10-11H,8-9H2,1-6H3,(H,15,16,17). The minimum Gasteiger partial charge on any atom is -0.357 e. The number of anilines is 2. The van der Waals surface area contributed by atoms with Crippen LogP contribution in [0.5, 0.6) is 0 Å². The summed E-state index contributed by atoms with van der Waals surface area (Å²) in [4.78, 5) is 11.3. The predicted molar refractivity (Wildman–Crippen MR) is 78.2 cm³/mol. The summed E-state index contributed by atoms with van der Waals surface area (Å²) in [6.07, 6.45) is 0. The number of nitrogens with zero attached hydrogens (tertiary/aromatic N) is 3. The second-order valence-corrected chi connectivity index (χ2v) is 5.63. The Bertz CT molecular complexity index is 364. The Morgan fingerprint density at radius 3 is 2.11 bits per heavy atom. The minimum atomic E-state index is 0.622. The molecular weight excluding hydrogens is 224 g/mol. The van der Waals surface area contributed by atoms with Crippen LogP contribution in [0.25, 0.3) is 0 Å². The molecule has 0 unspecified atom stereocenters. The molecule has 0 amide bonds. The Labute approximate surface area is 111 Å². The first kappa shape index (κ1) is 14.7. The largest absolute Gasteiger partial charge is 0.357 e. The maximum atomic E-state index is 4.56. The van der Waals surface area contributed by atoms with E-state index in [2.05, 4.69) is 53.9 Å². The van der Waals surface area contributed by atoms with Crippen molar-refractivity contribution in [2.24, 2.45) is 11.8 Å². The fraction of sp³-hybridized carbons (Fsp3) is 0.714. The molecule has 0 saturated carbocycles. The molecule has 1 aromatic heterocycles. The van der Waals surface area contributed by atoms with Crippen LogP contribution >= 0.6 is 0 Å². The SMILES string of the molecule is CNc1nc(C)cc(N(CC(C)C)CC(C)C)n1. The summed E-state index contributed by atoms with van der Waals surface area (Å²) in [5.74, 6) is 2.96. The summed E-state index contributed by atoms with van der Waals surface area (Å²) in [6.45, 7) is 13.0. The Morgan fingerprint density at radius 2 is 1.67 bits per heavy atom. The minimum absolute atomic E-state index is 0.622. The molecule has 1 rings (SSSR count). The maximum Gasteiger partial charge on any atom is 0.224 e. The molecule has 1 N–H and O–H groups in total. The van der Waals surface area contributed by atoms with E-state index < -0.39 is 0 Å². The monoisotopic (exact) mass is 250 g/mol. The van der Waals surface area contributed by atoms with Gasteiger partial charge >= 0.3 is 0 Å². The van der Waals surface area contributed by atoms with Gasteiger partial charge in [-0.1, -0.05) is 27.7 Å². The summed E-state index contributed by atoms with van der Waals surface area (Å²) in [6, 6.07) is 2.06. The highest BCUT2D eigenvalue weighted by Crippen LogP contribution is 2.17. The van der Waals surface area contributed by atoms with Crippen molar-refractivity contribution in [2.45, 2.75) is 34.6 Å². The summed E-state index contributed by atoms with van der Waals surface area (Å²) in [7, 11) is 1.85. The van der Waals surface area contributed by atoms with Gasteiger partial charge in [-0.15, -0.1) is 0 Å². The van der Waals surface area contributed by atoms with Crippen LogP contribution in [0, 0.1) is 18.8 Å². The molecule has 0 atom stereocenters. The lowest BCUT2D eigenvalue weighted by atomic mass is 10.1. The molecule has 102 valence electrons. The van der Waals surface area contributed by atoms with E-state index in [-0.39, 0.29) is 0 Å². The Kier molecular flexibility index (Phi) is 5.38. The van der Waals surface area contributed by atoms with Gasteiger partial charge in [0, 0.05) is 31.9 Å². The van der Waals surface area contributed by atoms with Crippen LogP contribution in [0.2, 0.25) is 0 Å². The number of nitrogens with one attached hydrogen (secondary N) is 1. The van der Waals surface area contributed by atoms with Crippen molar-refractivity contribution in [3.63, 3.8) is 0 Å². The average Bonchev–Trinajstić information content (AvgIpc) is 2.26. The first-order valence-corrected chi connectivity index (χ1v) is 6.70. The highest BCUT2D eigenvalue weighted by molar-refractivity contribution is 5.44. The van der Waals surface area contributed by atoms with Gasteiger partial charge in [0.2, 0.25) is 5.95 Å². The van der Waals surface area contributed by atoms with Crippen LogP contribution < -0.4 is 10.2 Å². The van der Waals surface area contributed by atoms with Crippen molar-refractivity contribution < 1.29 is 0 Å². The van der Waals surface area contributed by atoms with E-state index in [9.17, 15) is 0 Å². The van der Waals surface area contributed by atoms with Gasteiger partial charge in [-0.2, -0.15) is 4.98 Å². The van der Waals surface area contributed by atoms with Gasteiger partial charge in [0.1, 0.15) is 5.82 Å². The van der Waals surface area contributed by atoms with E-state index in [0.29, 0.717) is 17.8 Å². The first-order chi connectivity index (χ1) is 8.42. The van der Waals surface area contributed by atoms with E-state index in [1.54, 1.807) is 0 Å². The van der Waals surface area contributed by atoms with E-state index in [4.69, 9.17) is 0 Å². The number of aromatic nitrogens is 2. The van der Waals surface area contributed by atoms with Gasteiger partial charge in [-0.05, 0) is 18.8 Å². The molecule has 1 heterocycles. The fourth-order valence-corrected chi connectivity index (χ4v) is 1.97. The van der Waals surface area contributed by atoms with E-state index in [0.717, 1.165) is 24.6 Å². The van der Waals surface area contributed by atoms with Gasteiger partial charge in [0.05, 0.1) is 0 Å². The molecule has 0 spiro atoms. The predicted octanol–water partition coefficient (Wildman–Crippen LogP) is 2.95. The quantitative estimate of drug-likeness (QED) is 0.843.